The Morgan fingerprint density at radius 3 is 2.67 bits per heavy atom. The summed E-state index contributed by atoms with van der Waals surface area (Å²) in [5.41, 5.74) is 9.47. The van der Waals surface area contributed by atoms with E-state index in [-0.39, 0.29) is 24.0 Å². The van der Waals surface area contributed by atoms with E-state index in [1.165, 1.54) is 37.1 Å². The van der Waals surface area contributed by atoms with Crippen molar-refractivity contribution in [2.75, 3.05) is 19.6 Å². The van der Waals surface area contributed by atoms with Crippen molar-refractivity contribution >= 4 is 29.9 Å². The van der Waals surface area contributed by atoms with Gasteiger partial charge in [0.2, 0.25) is 0 Å². The number of halogens is 1. The zero-order valence-electron chi connectivity index (χ0n) is 14.9. The molecular weight excluding hydrogens is 411 g/mol. The Balaban J connectivity index is 0.00000288. The first kappa shape index (κ1) is 21.0. The molecular formula is C19H31IN4. The number of nitrogens with one attached hydrogen (secondary N) is 1. The number of guanidine groups is 1. The molecule has 134 valence electrons. The molecule has 0 bridgehead atoms. The summed E-state index contributed by atoms with van der Waals surface area (Å²) in [5, 5.41) is 3.06. The second-order valence-electron chi connectivity index (χ2n) is 6.79. The number of aliphatic imine (C=N–C) groups is 1. The van der Waals surface area contributed by atoms with Gasteiger partial charge in [0.05, 0.1) is 6.54 Å². The van der Waals surface area contributed by atoms with E-state index < -0.39 is 0 Å². The van der Waals surface area contributed by atoms with Gasteiger partial charge in [-0.25, -0.2) is 4.99 Å². The maximum atomic E-state index is 5.86. The summed E-state index contributed by atoms with van der Waals surface area (Å²) in [5.74, 6) is 1.35. The normalized spacial score (nSPS) is 16.5. The molecule has 1 fully saturated rings. The van der Waals surface area contributed by atoms with Crippen molar-refractivity contribution in [3.63, 3.8) is 0 Å². The highest BCUT2D eigenvalue weighted by molar-refractivity contribution is 14.0. The maximum absolute atomic E-state index is 5.86. The molecule has 0 amide bonds. The molecule has 1 aromatic rings. The van der Waals surface area contributed by atoms with Gasteiger partial charge in [-0.2, -0.15) is 0 Å². The van der Waals surface area contributed by atoms with Gasteiger partial charge in [-0.3, -0.25) is 4.90 Å². The summed E-state index contributed by atoms with van der Waals surface area (Å²) >= 11 is 0. The lowest BCUT2D eigenvalue weighted by Crippen LogP contribution is -2.32. The van der Waals surface area contributed by atoms with Crippen LogP contribution in [-0.4, -0.2) is 30.5 Å². The molecule has 1 saturated heterocycles. The maximum Gasteiger partial charge on any atom is 0.189 e. The molecule has 2 rings (SSSR count). The summed E-state index contributed by atoms with van der Waals surface area (Å²) < 4.78 is 0. The Morgan fingerprint density at radius 1 is 1.33 bits per heavy atom. The predicted molar refractivity (Wildman–Crippen MR) is 114 cm³/mol. The standard InChI is InChI=1S/C19H30N4.HI/c1-15(2)12-21-19(20)22-13-17-5-4-6-18(11-17)14-23-9-7-16(3)8-10-23;/h4-6,11,16H,1,7-10,12-14H2,2-3H3,(H3,20,21,22);1H. The summed E-state index contributed by atoms with van der Waals surface area (Å²) in [6, 6.07) is 8.67. The quantitative estimate of drug-likeness (QED) is 0.307. The Hall–Kier alpha value is -1.08. The van der Waals surface area contributed by atoms with Crippen LogP contribution in [0.1, 0.15) is 37.8 Å². The number of benzene rings is 1. The summed E-state index contributed by atoms with van der Waals surface area (Å²) in [6.45, 7) is 12.9. The van der Waals surface area contributed by atoms with Gasteiger partial charge in [-0.05, 0) is 49.9 Å². The lowest BCUT2D eigenvalue weighted by molar-refractivity contribution is 0.185. The summed E-state index contributed by atoms with van der Waals surface area (Å²) in [7, 11) is 0. The van der Waals surface area contributed by atoms with Crippen molar-refractivity contribution in [1.29, 1.82) is 0 Å². The van der Waals surface area contributed by atoms with Crippen molar-refractivity contribution in [3.05, 3.63) is 47.5 Å². The zero-order valence-corrected chi connectivity index (χ0v) is 17.3. The van der Waals surface area contributed by atoms with Crippen LogP contribution in [-0.2, 0) is 13.1 Å². The Labute approximate surface area is 163 Å². The molecule has 0 atom stereocenters. The highest BCUT2D eigenvalue weighted by atomic mass is 127. The fourth-order valence-corrected chi connectivity index (χ4v) is 2.78. The van der Waals surface area contributed by atoms with E-state index >= 15 is 0 Å². The predicted octanol–water partition coefficient (Wildman–Crippen LogP) is 3.52. The molecule has 0 unspecified atom stereocenters. The number of hydrogen-bond acceptors (Lipinski definition) is 2. The van der Waals surface area contributed by atoms with E-state index in [0.29, 0.717) is 19.0 Å². The highest BCUT2D eigenvalue weighted by Crippen LogP contribution is 2.18. The minimum absolute atomic E-state index is 0. The molecule has 0 aromatic heterocycles. The number of piperidine rings is 1. The molecule has 0 saturated carbocycles. The highest BCUT2D eigenvalue weighted by Gasteiger charge is 2.15. The first-order valence-corrected chi connectivity index (χ1v) is 8.51. The van der Waals surface area contributed by atoms with Gasteiger partial charge in [0.25, 0.3) is 0 Å². The van der Waals surface area contributed by atoms with Crippen LogP contribution in [0.15, 0.2) is 41.4 Å². The lowest BCUT2D eigenvalue weighted by Gasteiger charge is -2.30. The minimum Gasteiger partial charge on any atom is -0.370 e. The molecule has 0 radical (unpaired) electrons. The van der Waals surface area contributed by atoms with E-state index in [0.717, 1.165) is 18.0 Å². The van der Waals surface area contributed by atoms with Crippen molar-refractivity contribution in [3.8, 4) is 0 Å². The minimum atomic E-state index is 0. The first-order chi connectivity index (χ1) is 11.0. The zero-order chi connectivity index (χ0) is 16.7. The van der Waals surface area contributed by atoms with E-state index in [1.807, 2.05) is 6.92 Å². The smallest absolute Gasteiger partial charge is 0.189 e. The summed E-state index contributed by atoms with van der Waals surface area (Å²) in [6.07, 6.45) is 2.63. The molecule has 4 nitrogen and oxygen atoms in total. The molecule has 1 heterocycles. The van der Waals surface area contributed by atoms with Crippen LogP contribution in [0, 0.1) is 5.92 Å². The summed E-state index contributed by atoms with van der Waals surface area (Å²) in [4.78, 5) is 6.94. The van der Waals surface area contributed by atoms with E-state index in [2.05, 4.69) is 53.0 Å². The van der Waals surface area contributed by atoms with Crippen LogP contribution in [0.2, 0.25) is 0 Å². The molecule has 0 aliphatic carbocycles. The Kier molecular flexibility index (Phi) is 9.36. The molecule has 1 aromatic carbocycles. The van der Waals surface area contributed by atoms with Gasteiger partial charge in [-0.1, -0.05) is 43.3 Å². The molecule has 1 aliphatic rings. The number of nitrogens with zero attached hydrogens (tertiary/aromatic N) is 2. The lowest BCUT2D eigenvalue weighted by atomic mass is 9.98. The van der Waals surface area contributed by atoms with Crippen molar-refractivity contribution in [2.45, 2.75) is 39.8 Å². The molecule has 5 heteroatoms. The number of rotatable bonds is 6. The SMILES string of the molecule is C=C(C)CNC(N)=NCc1cccc(CN2CCC(C)CC2)c1.I. The number of nitrogens with two attached hydrogens (primary N) is 1. The third kappa shape index (κ3) is 7.66. The van der Waals surface area contributed by atoms with Gasteiger partial charge in [0, 0.05) is 13.1 Å². The van der Waals surface area contributed by atoms with Gasteiger partial charge < -0.3 is 11.1 Å². The number of likely N-dealkylation sites (tertiary alicyclic amines) is 1. The van der Waals surface area contributed by atoms with Crippen LogP contribution in [0.5, 0.6) is 0 Å². The molecule has 0 spiro atoms. The fraction of sp³-hybridized carbons (Fsp3) is 0.526. The third-order valence-corrected chi connectivity index (χ3v) is 4.28. The van der Waals surface area contributed by atoms with E-state index in [1.54, 1.807) is 0 Å². The van der Waals surface area contributed by atoms with Crippen LogP contribution in [0.4, 0.5) is 0 Å². The van der Waals surface area contributed by atoms with Crippen molar-refractivity contribution < 1.29 is 0 Å². The largest absolute Gasteiger partial charge is 0.370 e. The van der Waals surface area contributed by atoms with Crippen LogP contribution in [0.25, 0.3) is 0 Å². The van der Waals surface area contributed by atoms with E-state index in [9.17, 15) is 0 Å². The molecule has 1 aliphatic heterocycles. The van der Waals surface area contributed by atoms with Crippen LogP contribution < -0.4 is 11.1 Å². The Morgan fingerprint density at radius 2 is 2.00 bits per heavy atom. The van der Waals surface area contributed by atoms with Crippen LogP contribution in [0.3, 0.4) is 0 Å². The van der Waals surface area contributed by atoms with E-state index in [4.69, 9.17) is 5.73 Å². The molecule has 24 heavy (non-hydrogen) atoms. The van der Waals surface area contributed by atoms with Gasteiger partial charge in [0.15, 0.2) is 5.96 Å². The van der Waals surface area contributed by atoms with Gasteiger partial charge in [0.1, 0.15) is 0 Å². The average molecular weight is 442 g/mol. The fourth-order valence-electron chi connectivity index (χ4n) is 2.78. The van der Waals surface area contributed by atoms with Crippen molar-refractivity contribution in [2.24, 2.45) is 16.6 Å². The van der Waals surface area contributed by atoms with Crippen LogP contribution >= 0.6 is 24.0 Å². The third-order valence-electron chi connectivity index (χ3n) is 4.28. The van der Waals surface area contributed by atoms with Gasteiger partial charge in [-0.15, -0.1) is 24.0 Å². The number of hydrogen-bond donors (Lipinski definition) is 2. The Bertz CT molecular complexity index is 548. The van der Waals surface area contributed by atoms with Gasteiger partial charge >= 0.3 is 0 Å². The molecule has 3 N–H and O–H groups in total. The topological polar surface area (TPSA) is 53.6 Å². The first-order valence-electron chi connectivity index (χ1n) is 8.51. The van der Waals surface area contributed by atoms with Crippen molar-refractivity contribution in [1.82, 2.24) is 10.2 Å². The second-order valence-corrected chi connectivity index (χ2v) is 6.79. The monoisotopic (exact) mass is 442 g/mol. The second kappa shape index (κ2) is 10.7. The average Bonchev–Trinajstić information content (AvgIpc) is 2.53.